The van der Waals surface area contributed by atoms with Crippen LogP contribution in [0.5, 0.6) is 0 Å². The predicted octanol–water partition coefficient (Wildman–Crippen LogP) is 1.94. The van der Waals surface area contributed by atoms with Crippen molar-refractivity contribution in [1.82, 2.24) is 10.3 Å². The average molecular weight is 284 g/mol. The quantitative estimate of drug-likeness (QED) is 0.852. The lowest BCUT2D eigenvalue weighted by molar-refractivity contribution is -0.146. The van der Waals surface area contributed by atoms with Gasteiger partial charge in [0.25, 0.3) is 5.91 Å². The third-order valence-electron chi connectivity index (χ3n) is 2.85. The summed E-state index contributed by atoms with van der Waals surface area (Å²) < 4.78 is 5.16. The van der Waals surface area contributed by atoms with Gasteiger partial charge >= 0.3 is 5.97 Å². The number of ether oxygens (including phenoxy) is 1. The van der Waals surface area contributed by atoms with Crippen LogP contribution in [0.2, 0.25) is 0 Å². The highest BCUT2D eigenvalue weighted by molar-refractivity contribution is 5.96. The van der Waals surface area contributed by atoms with E-state index in [2.05, 4.69) is 10.3 Å². The van der Waals surface area contributed by atoms with Gasteiger partial charge in [0.15, 0.2) is 0 Å². The number of nitrogens with zero attached hydrogens (tertiary/aromatic N) is 1. The molecule has 1 aromatic heterocycles. The molecule has 1 aromatic carbocycles. The van der Waals surface area contributed by atoms with E-state index in [0.29, 0.717) is 5.56 Å². The number of esters is 1. The average Bonchev–Trinajstić information content (AvgIpc) is 2.54. The third-order valence-corrected chi connectivity index (χ3v) is 2.85. The Labute approximate surface area is 123 Å². The van der Waals surface area contributed by atoms with Crippen molar-refractivity contribution in [3.63, 3.8) is 0 Å². The van der Waals surface area contributed by atoms with Gasteiger partial charge in [-0.25, -0.2) is 4.79 Å². The van der Waals surface area contributed by atoms with E-state index in [4.69, 9.17) is 4.74 Å². The van der Waals surface area contributed by atoms with E-state index in [-0.39, 0.29) is 12.5 Å². The minimum absolute atomic E-state index is 0.187. The zero-order chi connectivity index (χ0) is 15.1. The smallest absolute Gasteiger partial charge is 0.328 e. The molecule has 0 aliphatic heterocycles. The highest BCUT2D eigenvalue weighted by atomic mass is 16.5. The summed E-state index contributed by atoms with van der Waals surface area (Å²) in [6.45, 7) is 1.77. The standard InChI is InChI=1S/C16H16N2O3/c1-12(18-15(19)14-8-5-9-17-10-14)16(20)21-11-13-6-3-2-4-7-13/h2-10,12H,11H2,1H3,(H,18,19). The van der Waals surface area contributed by atoms with Gasteiger partial charge in [-0.3, -0.25) is 9.78 Å². The van der Waals surface area contributed by atoms with Crippen LogP contribution in [0.15, 0.2) is 54.9 Å². The van der Waals surface area contributed by atoms with Crippen molar-refractivity contribution in [3.8, 4) is 0 Å². The predicted molar refractivity (Wildman–Crippen MR) is 77.4 cm³/mol. The molecule has 1 heterocycles. The normalized spacial score (nSPS) is 11.5. The molecule has 0 fully saturated rings. The van der Waals surface area contributed by atoms with Crippen molar-refractivity contribution < 1.29 is 14.3 Å². The second-order valence-corrected chi connectivity index (χ2v) is 4.53. The first-order valence-corrected chi connectivity index (χ1v) is 6.58. The summed E-state index contributed by atoms with van der Waals surface area (Å²) in [6, 6.07) is 11.9. The molecule has 21 heavy (non-hydrogen) atoms. The second-order valence-electron chi connectivity index (χ2n) is 4.53. The Kier molecular flexibility index (Phi) is 5.04. The summed E-state index contributed by atoms with van der Waals surface area (Å²) >= 11 is 0. The number of benzene rings is 1. The van der Waals surface area contributed by atoms with Crippen LogP contribution in [0.3, 0.4) is 0 Å². The summed E-state index contributed by atoms with van der Waals surface area (Å²) in [4.78, 5) is 27.6. The zero-order valence-corrected chi connectivity index (χ0v) is 11.7. The molecule has 108 valence electrons. The number of amides is 1. The Balaban J connectivity index is 1.84. The van der Waals surface area contributed by atoms with Gasteiger partial charge in [-0.2, -0.15) is 0 Å². The van der Waals surface area contributed by atoms with Crippen LogP contribution >= 0.6 is 0 Å². The number of carbonyl (C=O) groups is 2. The number of nitrogens with one attached hydrogen (secondary N) is 1. The molecule has 0 saturated heterocycles. The van der Waals surface area contributed by atoms with Crippen molar-refractivity contribution in [2.24, 2.45) is 0 Å². The Morgan fingerprint density at radius 2 is 1.95 bits per heavy atom. The third kappa shape index (κ3) is 4.42. The number of aromatic nitrogens is 1. The molecule has 5 nitrogen and oxygen atoms in total. The summed E-state index contributed by atoms with van der Waals surface area (Å²) in [7, 11) is 0. The summed E-state index contributed by atoms with van der Waals surface area (Å²) in [5.74, 6) is -0.830. The van der Waals surface area contributed by atoms with Gasteiger partial charge in [0.2, 0.25) is 0 Å². The van der Waals surface area contributed by atoms with Crippen molar-refractivity contribution in [2.75, 3.05) is 0 Å². The topological polar surface area (TPSA) is 68.3 Å². The summed E-state index contributed by atoms with van der Waals surface area (Å²) in [6.07, 6.45) is 3.02. The van der Waals surface area contributed by atoms with Crippen LogP contribution in [-0.2, 0) is 16.1 Å². The van der Waals surface area contributed by atoms with E-state index in [1.54, 1.807) is 25.3 Å². The van der Waals surface area contributed by atoms with E-state index in [0.717, 1.165) is 5.56 Å². The van der Waals surface area contributed by atoms with E-state index < -0.39 is 12.0 Å². The Morgan fingerprint density at radius 3 is 2.62 bits per heavy atom. The molecule has 5 heteroatoms. The molecule has 0 saturated carbocycles. The fraction of sp³-hybridized carbons (Fsp3) is 0.188. The highest BCUT2D eigenvalue weighted by Crippen LogP contribution is 2.02. The van der Waals surface area contributed by atoms with Crippen LogP contribution in [0.1, 0.15) is 22.8 Å². The number of rotatable bonds is 5. The molecule has 0 aliphatic rings. The van der Waals surface area contributed by atoms with E-state index in [1.165, 1.54) is 6.20 Å². The Hall–Kier alpha value is -2.69. The molecule has 2 aromatic rings. The molecular formula is C16H16N2O3. The zero-order valence-electron chi connectivity index (χ0n) is 11.7. The Morgan fingerprint density at radius 1 is 1.19 bits per heavy atom. The van der Waals surface area contributed by atoms with E-state index in [1.807, 2.05) is 30.3 Å². The Bertz CT molecular complexity index is 599. The maximum atomic E-state index is 11.9. The first-order chi connectivity index (χ1) is 10.2. The van der Waals surface area contributed by atoms with Crippen molar-refractivity contribution in [2.45, 2.75) is 19.6 Å². The van der Waals surface area contributed by atoms with Crippen LogP contribution < -0.4 is 5.32 Å². The summed E-state index contributed by atoms with van der Waals surface area (Å²) in [5.41, 5.74) is 1.30. The van der Waals surface area contributed by atoms with Gasteiger partial charge in [-0.15, -0.1) is 0 Å². The molecule has 2 rings (SSSR count). The lowest BCUT2D eigenvalue weighted by Crippen LogP contribution is -2.39. The van der Waals surface area contributed by atoms with Crippen molar-refractivity contribution >= 4 is 11.9 Å². The highest BCUT2D eigenvalue weighted by Gasteiger charge is 2.18. The van der Waals surface area contributed by atoms with Gasteiger partial charge in [-0.1, -0.05) is 30.3 Å². The van der Waals surface area contributed by atoms with Gasteiger partial charge in [-0.05, 0) is 24.6 Å². The van der Waals surface area contributed by atoms with Crippen LogP contribution in [-0.4, -0.2) is 22.9 Å². The monoisotopic (exact) mass is 284 g/mol. The number of hydrogen-bond acceptors (Lipinski definition) is 4. The maximum Gasteiger partial charge on any atom is 0.328 e. The lowest BCUT2D eigenvalue weighted by atomic mass is 10.2. The van der Waals surface area contributed by atoms with Crippen molar-refractivity contribution in [3.05, 3.63) is 66.0 Å². The van der Waals surface area contributed by atoms with E-state index in [9.17, 15) is 9.59 Å². The van der Waals surface area contributed by atoms with Crippen molar-refractivity contribution in [1.29, 1.82) is 0 Å². The number of pyridine rings is 1. The lowest BCUT2D eigenvalue weighted by Gasteiger charge is -2.13. The number of carbonyl (C=O) groups excluding carboxylic acids is 2. The first-order valence-electron chi connectivity index (χ1n) is 6.58. The molecule has 1 atom stereocenters. The fourth-order valence-electron chi connectivity index (χ4n) is 1.69. The minimum Gasteiger partial charge on any atom is -0.459 e. The maximum absolute atomic E-state index is 11.9. The minimum atomic E-state index is -0.721. The molecule has 0 radical (unpaired) electrons. The largest absolute Gasteiger partial charge is 0.459 e. The number of hydrogen-bond donors (Lipinski definition) is 1. The van der Waals surface area contributed by atoms with Gasteiger partial charge < -0.3 is 10.1 Å². The molecule has 0 spiro atoms. The van der Waals surface area contributed by atoms with Gasteiger partial charge in [0, 0.05) is 12.4 Å². The second kappa shape index (κ2) is 7.19. The van der Waals surface area contributed by atoms with Crippen LogP contribution in [0.25, 0.3) is 0 Å². The summed E-state index contributed by atoms with van der Waals surface area (Å²) in [5, 5.41) is 2.58. The SMILES string of the molecule is CC(NC(=O)c1cccnc1)C(=O)OCc1ccccc1. The van der Waals surface area contributed by atoms with Crippen LogP contribution in [0.4, 0.5) is 0 Å². The molecule has 1 N–H and O–H groups in total. The fourth-order valence-corrected chi connectivity index (χ4v) is 1.69. The molecule has 1 amide bonds. The van der Waals surface area contributed by atoms with Gasteiger partial charge in [0.1, 0.15) is 12.6 Å². The molecule has 0 aliphatic carbocycles. The molecular weight excluding hydrogens is 268 g/mol. The first kappa shape index (κ1) is 14.7. The van der Waals surface area contributed by atoms with E-state index >= 15 is 0 Å². The molecule has 1 unspecified atom stereocenters. The molecule has 0 bridgehead atoms. The van der Waals surface area contributed by atoms with Gasteiger partial charge in [0.05, 0.1) is 5.56 Å². The van der Waals surface area contributed by atoms with Crippen LogP contribution in [0, 0.1) is 0 Å².